The third kappa shape index (κ3) is 1.90. The Bertz CT molecular complexity index is 723. The first-order valence-electron chi connectivity index (χ1n) is 6.86. The van der Waals surface area contributed by atoms with E-state index in [1.54, 1.807) is 0 Å². The van der Waals surface area contributed by atoms with Crippen molar-refractivity contribution in [1.82, 2.24) is 9.97 Å². The van der Waals surface area contributed by atoms with Crippen LogP contribution in [0, 0.1) is 0 Å². The van der Waals surface area contributed by atoms with Crippen molar-refractivity contribution in [3.05, 3.63) is 45.7 Å². The van der Waals surface area contributed by atoms with Gasteiger partial charge in [-0.3, -0.25) is 4.79 Å². The Morgan fingerprint density at radius 2 is 2.15 bits per heavy atom. The summed E-state index contributed by atoms with van der Waals surface area (Å²) in [6, 6.07) is 8.29. The minimum Gasteiger partial charge on any atom is -0.301 e. The molecule has 0 fully saturated rings. The molecule has 0 spiro atoms. The molecule has 1 atom stereocenters. The molecule has 3 nitrogen and oxygen atoms in total. The van der Waals surface area contributed by atoms with Gasteiger partial charge in [0.15, 0.2) is 5.16 Å². The van der Waals surface area contributed by atoms with E-state index in [2.05, 4.69) is 42.0 Å². The van der Waals surface area contributed by atoms with E-state index in [0.29, 0.717) is 5.16 Å². The molecule has 4 heteroatoms. The van der Waals surface area contributed by atoms with E-state index in [-0.39, 0.29) is 11.0 Å². The largest absolute Gasteiger partial charge is 0.301 e. The van der Waals surface area contributed by atoms with Gasteiger partial charge in [-0.05, 0) is 24.7 Å². The fourth-order valence-corrected chi connectivity index (χ4v) is 3.40. The van der Waals surface area contributed by atoms with Crippen molar-refractivity contribution in [2.24, 2.45) is 0 Å². The Hall–Kier alpha value is -1.55. The fraction of sp³-hybridized carbons (Fsp3) is 0.375. The van der Waals surface area contributed by atoms with Crippen molar-refractivity contribution < 1.29 is 0 Å². The second-order valence-corrected chi connectivity index (χ2v) is 6.34. The van der Waals surface area contributed by atoms with Gasteiger partial charge in [0, 0.05) is 16.5 Å². The van der Waals surface area contributed by atoms with Crippen LogP contribution in [-0.4, -0.2) is 16.2 Å². The van der Waals surface area contributed by atoms with E-state index in [0.717, 1.165) is 29.7 Å². The average Bonchev–Trinajstić information content (AvgIpc) is 2.46. The summed E-state index contributed by atoms with van der Waals surface area (Å²) in [5, 5.41) is 0.684. The molecule has 1 aliphatic carbocycles. The van der Waals surface area contributed by atoms with Crippen LogP contribution >= 0.6 is 11.8 Å². The zero-order valence-corrected chi connectivity index (χ0v) is 12.8. The topological polar surface area (TPSA) is 45.8 Å². The summed E-state index contributed by atoms with van der Waals surface area (Å²) >= 11 is 1.47. The SMILES string of the molecule is CC[C@]1(C)Cc2ccccc2-c2nc(SC)[nH]c(=O)c21. The average molecular weight is 286 g/mol. The zero-order valence-electron chi connectivity index (χ0n) is 12.0. The van der Waals surface area contributed by atoms with Crippen LogP contribution in [0.25, 0.3) is 11.3 Å². The molecular weight excluding hydrogens is 268 g/mol. The molecule has 0 bridgehead atoms. The number of nitrogens with zero attached hydrogens (tertiary/aromatic N) is 1. The quantitative estimate of drug-likeness (QED) is 0.680. The van der Waals surface area contributed by atoms with Crippen LogP contribution < -0.4 is 5.56 Å². The number of hydrogen-bond donors (Lipinski definition) is 1. The number of hydrogen-bond acceptors (Lipinski definition) is 3. The van der Waals surface area contributed by atoms with E-state index >= 15 is 0 Å². The molecule has 0 saturated heterocycles. The van der Waals surface area contributed by atoms with Crippen LogP contribution in [0.4, 0.5) is 0 Å². The van der Waals surface area contributed by atoms with E-state index in [1.807, 2.05) is 12.3 Å². The lowest BCUT2D eigenvalue weighted by Gasteiger charge is -2.34. The third-order valence-electron chi connectivity index (χ3n) is 4.33. The summed E-state index contributed by atoms with van der Waals surface area (Å²) in [7, 11) is 0. The molecular formula is C16H18N2OS. The molecule has 1 aromatic heterocycles. The number of thioether (sulfide) groups is 1. The van der Waals surface area contributed by atoms with Gasteiger partial charge >= 0.3 is 0 Å². The van der Waals surface area contributed by atoms with Crippen molar-refractivity contribution >= 4 is 11.8 Å². The maximum absolute atomic E-state index is 12.5. The number of benzene rings is 1. The van der Waals surface area contributed by atoms with E-state index in [1.165, 1.54) is 17.3 Å². The fourth-order valence-electron chi connectivity index (χ4n) is 3.02. The molecule has 0 amide bonds. The molecule has 1 aromatic carbocycles. The molecule has 104 valence electrons. The minimum atomic E-state index is -0.138. The monoisotopic (exact) mass is 286 g/mol. The summed E-state index contributed by atoms with van der Waals surface area (Å²) in [6.45, 7) is 4.30. The van der Waals surface area contributed by atoms with Gasteiger partial charge in [0.2, 0.25) is 0 Å². The molecule has 0 radical (unpaired) electrons. The van der Waals surface area contributed by atoms with Crippen molar-refractivity contribution in [2.75, 3.05) is 6.26 Å². The number of aromatic nitrogens is 2. The number of nitrogens with one attached hydrogen (secondary N) is 1. The first kappa shape index (κ1) is 13.4. The zero-order chi connectivity index (χ0) is 14.3. The van der Waals surface area contributed by atoms with Crippen LogP contribution in [0.1, 0.15) is 31.4 Å². The first-order chi connectivity index (χ1) is 9.59. The molecule has 3 rings (SSSR count). The van der Waals surface area contributed by atoms with Crippen LogP contribution in [0.2, 0.25) is 0 Å². The Balaban J connectivity index is 2.38. The van der Waals surface area contributed by atoms with Crippen LogP contribution in [0.15, 0.2) is 34.2 Å². The van der Waals surface area contributed by atoms with E-state index in [9.17, 15) is 4.79 Å². The first-order valence-corrected chi connectivity index (χ1v) is 8.08. The highest BCUT2D eigenvalue weighted by atomic mass is 32.2. The molecule has 1 heterocycles. The Morgan fingerprint density at radius 3 is 2.85 bits per heavy atom. The molecule has 0 unspecified atom stereocenters. The third-order valence-corrected chi connectivity index (χ3v) is 4.91. The summed E-state index contributed by atoms with van der Waals surface area (Å²) in [5.74, 6) is 0. The predicted molar refractivity (Wildman–Crippen MR) is 83.4 cm³/mol. The molecule has 2 aromatic rings. The Kier molecular flexibility index (Phi) is 3.21. The number of aromatic amines is 1. The molecule has 1 aliphatic rings. The highest BCUT2D eigenvalue weighted by Gasteiger charge is 2.37. The van der Waals surface area contributed by atoms with Gasteiger partial charge in [0.1, 0.15) is 0 Å². The number of H-pyrrole nitrogens is 1. The van der Waals surface area contributed by atoms with Crippen LogP contribution in [-0.2, 0) is 11.8 Å². The second kappa shape index (κ2) is 4.77. The van der Waals surface area contributed by atoms with Gasteiger partial charge in [0.05, 0.1) is 5.69 Å². The van der Waals surface area contributed by atoms with Crippen molar-refractivity contribution in [3.8, 4) is 11.3 Å². The van der Waals surface area contributed by atoms with Gasteiger partial charge in [-0.25, -0.2) is 4.98 Å². The normalized spacial score (nSPS) is 20.4. The minimum absolute atomic E-state index is 0.0122. The lowest BCUT2D eigenvalue weighted by atomic mass is 9.69. The maximum Gasteiger partial charge on any atom is 0.255 e. The lowest BCUT2D eigenvalue weighted by molar-refractivity contribution is 0.439. The van der Waals surface area contributed by atoms with Gasteiger partial charge in [0.25, 0.3) is 5.56 Å². The summed E-state index contributed by atoms with van der Waals surface area (Å²) < 4.78 is 0. The Morgan fingerprint density at radius 1 is 1.40 bits per heavy atom. The lowest BCUT2D eigenvalue weighted by Crippen LogP contribution is -2.36. The second-order valence-electron chi connectivity index (χ2n) is 5.55. The number of fused-ring (bicyclic) bond motifs is 3. The standard InChI is InChI=1S/C16H18N2OS/c1-4-16(2)9-10-7-5-6-8-11(10)13-12(16)14(19)18-15(17-13)20-3/h5-8H,4,9H2,1-3H3,(H,17,18,19)/t16-/m1/s1. The predicted octanol–water partition coefficient (Wildman–Crippen LogP) is 3.38. The highest BCUT2D eigenvalue weighted by Crippen LogP contribution is 2.42. The van der Waals surface area contributed by atoms with Crippen molar-refractivity contribution in [1.29, 1.82) is 0 Å². The Labute approximate surface area is 122 Å². The number of rotatable bonds is 2. The smallest absolute Gasteiger partial charge is 0.255 e. The van der Waals surface area contributed by atoms with Gasteiger partial charge < -0.3 is 4.98 Å². The van der Waals surface area contributed by atoms with Gasteiger partial charge in [-0.2, -0.15) is 0 Å². The maximum atomic E-state index is 12.5. The van der Waals surface area contributed by atoms with E-state index < -0.39 is 0 Å². The van der Waals surface area contributed by atoms with Gasteiger partial charge in [-0.15, -0.1) is 0 Å². The molecule has 0 saturated carbocycles. The van der Waals surface area contributed by atoms with Gasteiger partial charge in [-0.1, -0.05) is 49.9 Å². The highest BCUT2D eigenvalue weighted by molar-refractivity contribution is 7.98. The molecule has 1 N–H and O–H groups in total. The van der Waals surface area contributed by atoms with Crippen LogP contribution in [0.5, 0.6) is 0 Å². The summed E-state index contributed by atoms with van der Waals surface area (Å²) in [5.41, 5.74) is 3.98. The molecule has 0 aliphatic heterocycles. The summed E-state index contributed by atoms with van der Waals surface area (Å²) in [6.07, 6.45) is 3.76. The van der Waals surface area contributed by atoms with Crippen molar-refractivity contribution in [3.63, 3.8) is 0 Å². The summed E-state index contributed by atoms with van der Waals surface area (Å²) in [4.78, 5) is 20.1. The molecule has 20 heavy (non-hydrogen) atoms. The van der Waals surface area contributed by atoms with Crippen LogP contribution in [0.3, 0.4) is 0 Å². The van der Waals surface area contributed by atoms with E-state index in [4.69, 9.17) is 0 Å². The van der Waals surface area contributed by atoms with Crippen molar-refractivity contribution in [2.45, 2.75) is 37.3 Å².